The number of rotatable bonds is 6. The second-order valence-corrected chi connectivity index (χ2v) is 7.37. The third-order valence-electron chi connectivity index (χ3n) is 5.20. The molecule has 0 spiro atoms. The van der Waals surface area contributed by atoms with Crippen molar-refractivity contribution in [2.75, 3.05) is 25.7 Å². The van der Waals surface area contributed by atoms with Crippen LogP contribution in [0.2, 0.25) is 0 Å². The number of aromatic nitrogens is 3. The van der Waals surface area contributed by atoms with Crippen molar-refractivity contribution in [2.24, 2.45) is 7.05 Å². The van der Waals surface area contributed by atoms with Gasteiger partial charge in [0, 0.05) is 71.9 Å². The molecule has 2 heterocycles. The third-order valence-corrected chi connectivity index (χ3v) is 5.20. The molecule has 32 heavy (non-hydrogen) atoms. The summed E-state index contributed by atoms with van der Waals surface area (Å²) in [5, 5.41) is 5.32. The summed E-state index contributed by atoms with van der Waals surface area (Å²) in [6.07, 6.45) is 6.53. The number of nitrogens with zero attached hydrogens (tertiary/aromatic N) is 4. The van der Waals surface area contributed by atoms with Gasteiger partial charge in [0.25, 0.3) is 0 Å². The summed E-state index contributed by atoms with van der Waals surface area (Å²) in [7, 11) is 5.22. The fraction of sp³-hybridized carbons (Fsp3) is 0.231. The fourth-order valence-electron chi connectivity index (χ4n) is 3.55. The van der Waals surface area contributed by atoms with E-state index in [1.165, 1.54) is 0 Å². The van der Waals surface area contributed by atoms with Crippen molar-refractivity contribution >= 4 is 22.3 Å². The second-order valence-electron chi connectivity index (χ2n) is 7.37. The van der Waals surface area contributed by atoms with Crippen LogP contribution in [0.1, 0.15) is 13.3 Å². The highest BCUT2D eigenvalue weighted by Crippen LogP contribution is 2.34. The average molecular weight is 427 g/mol. The topological polar surface area (TPSA) is 52.4 Å². The Hall–Kier alpha value is -3.98. The molecule has 6 nitrogen and oxygen atoms in total. The zero-order valence-corrected chi connectivity index (χ0v) is 18.8. The lowest BCUT2D eigenvalue weighted by Crippen LogP contribution is -2.17. The largest absolute Gasteiger partial charge is 0.497 e. The molecule has 0 radical (unpaired) electrons. The highest BCUT2D eigenvalue weighted by molar-refractivity contribution is 5.87. The van der Waals surface area contributed by atoms with E-state index in [4.69, 9.17) is 9.47 Å². The first-order valence-electron chi connectivity index (χ1n) is 10.5. The summed E-state index contributed by atoms with van der Waals surface area (Å²) in [6.45, 7) is 2.60. The number of pyridine rings is 1. The van der Waals surface area contributed by atoms with Crippen molar-refractivity contribution in [3.63, 3.8) is 0 Å². The molecule has 4 aromatic rings. The summed E-state index contributed by atoms with van der Waals surface area (Å²) in [5.41, 5.74) is 4.97. The lowest BCUT2D eigenvalue weighted by atomic mass is 10.1. The number of ether oxygens (including phenoxy) is 2. The second kappa shape index (κ2) is 9.44. The Morgan fingerprint density at radius 2 is 1.69 bits per heavy atom. The molecular weight excluding hydrogens is 400 g/mol. The van der Waals surface area contributed by atoms with E-state index in [1.807, 2.05) is 56.8 Å². The average Bonchev–Trinajstić information content (AvgIpc) is 3.27. The van der Waals surface area contributed by atoms with E-state index in [0.29, 0.717) is 6.54 Å². The molecule has 0 unspecified atom stereocenters. The zero-order chi connectivity index (χ0) is 22.5. The van der Waals surface area contributed by atoms with E-state index in [0.717, 1.165) is 51.3 Å². The number of aryl methyl sites for hydroxylation is 1. The summed E-state index contributed by atoms with van der Waals surface area (Å²) < 4.78 is 12.8. The van der Waals surface area contributed by atoms with Crippen molar-refractivity contribution in [1.29, 1.82) is 0 Å². The first-order valence-corrected chi connectivity index (χ1v) is 10.5. The van der Waals surface area contributed by atoms with Crippen LogP contribution in [0.25, 0.3) is 22.0 Å². The molecule has 0 atom stereocenters. The third kappa shape index (κ3) is 4.52. The Balaban J connectivity index is 1.80. The molecular formula is C26H26N4O2. The molecule has 0 N–H and O–H groups in total. The van der Waals surface area contributed by atoms with Crippen molar-refractivity contribution < 1.29 is 9.47 Å². The van der Waals surface area contributed by atoms with Gasteiger partial charge in [0.1, 0.15) is 11.5 Å². The van der Waals surface area contributed by atoms with Gasteiger partial charge in [0.15, 0.2) is 0 Å². The van der Waals surface area contributed by atoms with Crippen LogP contribution < -0.4 is 14.4 Å². The van der Waals surface area contributed by atoms with Crippen LogP contribution in [0.3, 0.4) is 0 Å². The Labute approximate surface area is 188 Å². The maximum atomic E-state index is 5.49. The van der Waals surface area contributed by atoms with Crippen LogP contribution in [0, 0.1) is 11.8 Å². The fourth-order valence-corrected chi connectivity index (χ4v) is 3.55. The Bertz CT molecular complexity index is 1280. The van der Waals surface area contributed by atoms with Gasteiger partial charge in [0.05, 0.1) is 32.5 Å². The van der Waals surface area contributed by atoms with Gasteiger partial charge in [-0.25, -0.2) is 0 Å². The number of fused-ring (bicyclic) bond motifs is 1. The number of hydrogen-bond donors (Lipinski definition) is 0. The van der Waals surface area contributed by atoms with Gasteiger partial charge < -0.3 is 14.4 Å². The van der Waals surface area contributed by atoms with Crippen molar-refractivity contribution in [3.05, 3.63) is 61.1 Å². The molecule has 0 aliphatic carbocycles. The van der Waals surface area contributed by atoms with Crippen LogP contribution >= 0.6 is 0 Å². The maximum Gasteiger partial charge on any atom is 0.124 e. The van der Waals surface area contributed by atoms with E-state index in [-0.39, 0.29) is 0 Å². The molecule has 0 fully saturated rings. The number of anilines is 2. The minimum Gasteiger partial charge on any atom is -0.497 e. The highest BCUT2D eigenvalue weighted by Gasteiger charge is 2.13. The van der Waals surface area contributed by atoms with E-state index < -0.39 is 0 Å². The van der Waals surface area contributed by atoms with E-state index in [2.05, 4.69) is 45.0 Å². The lowest BCUT2D eigenvalue weighted by molar-refractivity contribution is 0.394. The predicted octanol–water partition coefficient (Wildman–Crippen LogP) is 5.20. The van der Waals surface area contributed by atoms with Crippen molar-refractivity contribution in [2.45, 2.75) is 13.3 Å². The Kier molecular flexibility index (Phi) is 6.27. The van der Waals surface area contributed by atoms with Gasteiger partial charge in [-0.05, 0) is 24.3 Å². The molecule has 4 rings (SSSR count). The van der Waals surface area contributed by atoms with E-state index in [9.17, 15) is 0 Å². The summed E-state index contributed by atoms with van der Waals surface area (Å²) in [4.78, 5) is 6.80. The van der Waals surface area contributed by atoms with Gasteiger partial charge in [-0.2, -0.15) is 5.10 Å². The maximum absolute atomic E-state index is 5.49. The molecule has 0 amide bonds. The SMILES string of the molecule is CCC#CCN(c1cc(OC)cc(OC)c1)c1ccc2ncc(-c3cnn(C)c3)cc2c1. The lowest BCUT2D eigenvalue weighted by Gasteiger charge is -2.24. The highest BCUT2D eigenvalue weighted by atomic mass is 16.5. The van der Waals surface area contributed by atoms with Crippen LogP contribution in [-0.2, 0) is 7.05 Å². The Morgan fingerprint density at radius 1 is 0.906 bits per heavy atom. The van der Waals surface area contributed by atoms with Gasteiger partial charge in [-0.15, -0.1) is 5.92 Å². The van der Waals surface area contributed by atoms with Crippen molar-refractivity contribution in [1.82, 2.24) is 14.8 Å². The van der Waals surface area contributed by atoms with Crippen LogP contribution in [0.5, 0.6) is 11.5 Å². The monoisotopic (exact) mass is 426 g/mol. The molecule has 2 aromatic heterocycles. The van der Waals surface area contributed by atoms with Crippen LogP contribution in [-0.4, -0.2) is 35.5 Å². The minimum atomic E-state index is 0.547. The quantitative estimate of drug-likeness (QED) is 0.397. The molecule has 2 aromatic carbocycles. The molecule has 0 aliphatic rings. The number of methoxy groups -OCH3 is 2. The number of benzene rings is 2. The normalized spacial score (nSPS) is 10.5. The predicted molar refractivity (Wildman–Crippen MR) is 129 cm³/mol. The molecule has 6 heteroatoms. The standard InChI is InChI=1S/C26H26N4O2/c1-5-6-7-10-30(23-13-24(31-3)15-25(14-23)32-4)22-8-9-26-19(12-22)11-20(16-27-26)21-17-28-29(2)18-21/h8-9,11-18H,5,10H2,1-4H3. The molecule has 162 valence electrons. The van der Waals surface area contributed by atoms with Gasteiger partial charge in [-0.3, -0.25) is 9.67 Å². The summed E-state index contributed by atoms with van der Waals surface area (Å²) in [6, 6.07) is 14.2. The number of hydrogen-bond acceptors (Lipinski definition) is 5. The van der Waals surface area contributed by atoms with Crippen LogP contribution in [0.15, 0.2) is 61.1 Å². The Morgan fingerprint density at radius 3 is 2.34 bits per heavy atom. The van der Waals surface area contributed by atoms with Gasteiger partial charge in [0.2, 0.25) is 0 Å². The minimum absolute atomic E-state index is 0.547. The first kappa shape index (κ1) is 21.3. The molecule has 0 bridgehead atoms. The summed E-state index contributed by atoms with van der Waals surface area (Å²) >= 11 is 0. The van der Waals surface area contributed by atoms with E-state index in [1.54, 1.807) is 18.9 Å². The van der Waals surface area contributed by atoms with Gasteiger partial charge >= 0.3 is 0 Å². The zero-order valence-electron chi connectivity index (χ0n) is 18.8. The molecule has 0 saturated carbocycles. The van der Waals surface area contributed by atoms with E-state index >= 15 is 0 Å². The smallest absolute Gasteiger partial charge is 0.124 e. The molecule has 0 aliphatic heterocycles. The first-order chi connectivity index (χ1) is 15.6. The summed E-state index contributed by atoms with van der Waals surface area (Å²) in [5.74, 6) is 7.89. The van der Waals surface area contributed by atoms with Gasteiger partial charge in [-0.1, -0.05) is 12.8 Å². The van der Waals surface area contributed by atoms with Crippen LogP contribution in [0.4, 0.5) is 11.4 Å². The molecule has 0 saturated heterocycles. The van der Waals surface area contributed by atoms with Crippen molar-refractivity contribution in [3.8, 4) is 34.5 Å².